The van der Waals surface area contributed by atoms with Crippen molar-refractivity contribution in [2.45, 2.75) is 6.17 Å². The second-order valence-electron chi connectivity index (χ2n) is 14.6. The molecular weight excluding hydrogens is 695 g/mol. The molecule has 57 heavy (non-hydrogen) atoms. The summed E-state index contributed by atoms with van der Waals surface area (Å²) in [7, 11) is 0. The van der Waals surface area contributed by atoms with Crippen LogP contribution in [0.4, 0.5) is 0 Å². The van der Waals surface area contributed by atoms with Crippen molar-refractivity contribution in [3.63, 3.8) is 0 Å². The molecule has 0 fully saturated rings. The molecule has 1 aromatic heterocycles. The predicted octanol–water partition coefficient (Wildman–Crippen LogP) is 13.4. The SMILES string of the molecule is c1ccc(-c2ccc(C3=NC(c4ccc(-c5ccccc5)cc4)NC(c4ccc(-c5cccc6ccccc56)c5oc6cc7ccccc7cc6c45)=N3)cc2)cc1. The normalized spacial score (nSPS) is 14.1. The second-order valence-corrected chi connectivity index (χ2v) is 14.6. The quantitative estimate of drug-likeness (QED) is 0.185. The Balaban J connectivity index is 1.10. The summed E-state index contributed by atoms with van der Waals surface area (Å²) >= 11 is 0. The summed E-state index contributed by atoms with van der Waals surface area (Å²) in [5.74, 6) is 1.42. The van der Waals surface area contributed by atoms with Gasteiger partial charge in [0.15, 0.2) is 5.84 Å². The molecule has 1 atom stereocenters. The summed E-state index contributed by atoms with van der Waals surface area (Å²) in [5, 5.41) is 10.5. The summed E-state index contributed by atoms with van der Waals surface area (Å²) in [6.45, 7) is 0. The number of benzene rings is 9. The molecule has 11 rings (SSSR count). The Morgan fingerprint density at radius 2 is 0.982 bits per heavy atom. The van der Waals surface area contributed by atoms with Crippen molar-refractivity contribution < 1.29 is 4.42 Å². The summed E-state index contributed by atoms with van der Waals surface area (Å²) < 4.78 is 6.95. The van der Waals surface area contributed by atoms with E-state index >= 15 is 0 Å². The summed E-state index contributed by atoms with van der Waals surface area (Å²) in [5.41, 5.74) is 11.5. The maximum Gasteiger partial charge on any atom is 0.159 e. The molecule has 0 bridgehead atoms. The molecule has 1 N–H and O–H groups in total. The van der Waals surface area contributed by atoms with E-state index in [9.17, 15) is 0 Å². The third-order valence-electron chi connectivity index (χ3n) is 11.1. The van der Waals surface area contributed by atoms with E-state index in [1.54, 1.807) is 0 Å². The second kappa shape index (κ2) is 13.6. The third kappa shape index (κ3) is 5.87. The number of furan rings is 1. The lowest BCUT2D eigenvalue weighted by atomic mass is 9.93. The number of nitrogens with one attached hydrogen (secondary N) is 1. The van der Waals surface area contributed by atoms with Gasteiger partial charge in [0.2, 0.25) is 0 Å². The van der Waals surface area contributed by atoms with Gasteiger partial charge in [-0.2, -0.15) is 0 Å². The van der Waals surface area contributed by atoms with E-state index in [-0.39, 0.29) is 6.17 Å². The number of fused-ring (bicyclic) bond motifs is 5. The van der Waals surface area contributed by atoms with Crippen molar-refractivity contribution >= 4 is 55.2 Å². The highest BCUT2D eigenvalue weighted by atomic mass is 16.3. The van der Waals surface area contributed by atoms with E-state index in [0.717, 1.165) is 77.5 Å². The molecule has 2 heterocycles. The first-order valence-corrected chi connectivity index (χ1v) is 19.3. The van der Waals surface area contributed by atoms with Crippen LogP contribution in [-0.4, -0.2) is 11.7 Å². The lowest BCUT2D eigenvalue weighted by Crippen LogP contribution is -2.33. The zero-order chi connectivity index (χ0) is 37.7. The van der Waals surface area contributed by atoms with Crippen LogP contribution in [-0.2, 0) is 0 Å². The molecular formula is C53H35N3O. The molecule has 0 saturated carbocycles. The van der Waals surface area contributed by atoms with Crippen LogP contribution in [0.5, 0.6) is 0 Å². The van der Waals surface area contributed by atoms with Gasteiger partial charge in [-0.25, -0.2) is 9.98 Å². The fraction of sp³-hybridized carbons (Fsp3) is 0.0189. The zero-order valence-electron chi connectivity index (χ0n) is 30.9. The molecule has 0 saturated heterocycles. The average Bonchev–Trinajstić information content (AvgIpc) is 3.66. The Morgan fingerprint density at radius 1 is 0.421 bits per heavy atom. The lowest BCUT2D eigenvalue weighted by Gasteiger charge is -2.24. The first-order chi connectivity index (χ1) is 28.2. The topological polar surface area (TPSA) is 49.9 Å². The minimum Gasteiger partial charge on any atom is -0.455 e. The number of hydrogen-bond acceptors (Lipinski definition) is 4. The summed E-state index contributed by atoms with van der Waals surface area (Å²) in [6.07, 6.45) is -0.377. The van der Waals surface area contributed by atoms with Crippen molar-refractivity contribution in [2.75, 3.05) is 0 Å². The van der Waals surface area contributed by atoms with Gasteiger partial charge in [-0.15, -0.1) is 0 Å². The third-order valence-corrected chi connectivity index (χ3v) is 11.1. The molecule has 268 valence electrons. The van der Waals surface area contributed by atoms with Gasteiger partial charge in [0.1, 0.15) is 23.2 Å². The number of amidine groups is 2. The monoisotopic (exact) mass is 729 g/mol. The Morgan fingerprint density at radius 3 is 1.70 bits per heavy atom. The fourth-order valence-electron chi connectivity index (χ4n) is 8.25. The van der Waals surface area contributed by atoms with Gasteiger partial charge in [0.05, 0.1) is 0 Å². The van der Waals surface area contributed by atoms with Crippen LogP contribution in [0.1, 0.15) is 22.9 Å². The van der Waals surface area contributed by atoms with Crippen molar-refractivity contribution in [3.05, 3.63) is 217 Å². The highest BCUT2D eigenvalue weighted by molar-refractivity contribution is 6.25. The van der Waals surface area contributed by atoms with Crippen molar-refractivity contribution in [3.8, 4) is 33.4 Å². The number of aliphatic imine (C=N–C) groups is 2. The van der Waals surface area contributed by atoms with Crippen LogP contribution >= 0.6 is 0 Å². The molecule has 1 aliphatic rings. The van der Waals surface area contributed by atoms with Gasteiger partial charge < -0.3 is 9.73 Å². The average molecular weight is 730 g/mol. The Hall–Kier alpha value is -7.56. The van der Waals surface area contributed by atoms with Crippen molar-refractivity contribution in [1.82, 2.24) is 5.32 Å². The Bertz CT molecular complexity index is 3170. The minimum atomic E-state index is -0.377. The van der Waals surface area contributed by atoms with Gasteiger partial charge in [-0.1, -0.05) is 176 Å². The molecule has 0 spiro atoms. The zero-order valence-corrected chi connectivity index (χ0v) is 30.9. The van der Waals surface area contributed by atoms with Crippen LogP contribution in [0.25, 0.3) is 76.9 Å². The standard InChI is InChI=1S/C53H35N3O/c1-3-12-34(13-4-1)36-22-26-39(27-23-36)51-54-52(40-28-24-37(25-29-40)35-14-5-2-6-15-35)56-53(55-51)46-31-30-45(44-21-11-19-38-16-9-10-20-43(38)44)50-49(46)47-32-41-17-7-8-18-42(41)33-48(47)57-50/h1-33,51H,(H,54,55,56). The van der Waals surface area contributed by atoms with Crippen LogP contribution in [0, 0.1) is 0 Å². The Labute approximate surface area is 330 Å². The van der Waals surface area contributed by atoms with E-state index in [1.165, 1.54) is 21.9 Å². The van der Waals surface area contributed by atoms with Crippen molar-refractivity contribution in [1.29, 1.82) is 0 Å². The summed E-state index contributed by atoms with van der Waals surface area (Å²) in [4.78, 5) is 10.6. The van der Waals surface area contributed by atoms with Crippen LogP contribution in [0.2, 0.25) is 0 Å². The fourth-order valence-corrected chi connectivity index (χ4v) is 8.25. The number of rotatable bonds is 6. The van der Waals surface area contributed by atoms with Gasteiger partial charge in [-0.3, -0.25) is 0 Å². The highest BCUT2D eigenvalue weighted by Crippen LogP contribution is 2.42. The number of hydrogen-bond donors (Lipinski definition) is 1. The first-order valence-electron chi connectivity index (χ1n) is 19.3. The molecule has 0 radical (unpaired) electrons. The molecule has 0 amide bonds. The smallest absolute Gasteiger partial charge is 0.159 e. The molecule has 10 aromatic rings. The molecule has 4 nitrogen and oxygen atoms in total. The van der Waals surface area contributed by atoms with Gasteiger partial charge in [0, 0.05) is 27.5 Å². The lowest BCUT2D eigenvalue weighted by molar-refractivity contribution is 0.669. The van der Waals surface area contributed by atoms with E-state index < -0.39 is 0 Å². The van der Waals surface area contributed by atoms with Gasteiger partial charge in [-0.05, 0) is 79.2 Å². The maximum absolute atomic E-state index is 6.95. The predicted molar refractivity (Wildman–Crippen MR) is 237 cm³/mol. The summed E-state index contributed by atoms with van der Waals surface area (Å²) in [6, 6.07) is 70.5. The van der Waals surface area contributed by atoms with E-state index in [1.807, 2.05) is 12.1 Å². The van der Waals surface area contributed by atoms with E-state index in [2.05, 4.69) is 193 Å². The molecule has 1 unspecified atom stereocenters. The molecule has 1 aliphatic heterocycles. The Kier molecular flexibility index (Phi) is 7.85. The van der Waals surface area contributed by atoms with E-state index in [4.69, 9.17) is 14.4 Å². The maximum atomic E-state index is 6.95. The van der Waals surface area contributed by atoms with Crippen molar-refractivity contribution in [2.24, 2.45) is 9.98 Å². The number of nitrogens with zero attached hydrogens (tertiary/aromatic N) is 2. The van der Waals surface area contributed by atoms with Gasteiger partial charge >= 0.3 is 0 Å². The van der Waals surface area contributed by atoms with E-state index in [0.29, 0.717) is 5.84 Å². The van der Waals surface area contributed by atoms with Crippen LogP contribution in [0.15, 0.2) is 215 Å². The highest BCUT2D eigenvalue weighted by Gasteiger charge is 2.26. The van der Waals surface area contributed by atoms with Crippen LogP contribution in [0.3, 0.4) is 0 Å². The molecule has 4 heteroatoms. The molecule has 9 aromatic carbocycles. The minimum absolute atomic E-state index is 0.377. The molecule has 0 aliphatic carbocycles. The largest absolute Gasteiger partial charge is 0.455 e. The first kappa shape index (κ1) is 32.8. The van der Waals surface area contributed by atoms with Gasteiger partial charge in [0.25, 0.3) is 0 Å². The van der Waals surface area contributed by atoms with Crippen LogP contribution < -0.4 is 5.32 Å².